The van der Waals surface area contributed by atoms with Crippen molar-refractivity contribution < 1.29 is 8.42 Å². The Morgan fingerprint density at radius 3 is 2.57 bits per heavy atom. The van der Waals surface area contributed by atoms with Crippen molar-refractivity contribution in [2.75, 3.05) is 13.1 Å². The fraction of sp³-hybridized carbons (Fsp3) is 0.333. The van der Waals surface area contributed by atoms with Crippen LogP contribution in [-0.2, 0) is 10.0 Å². The van der Waals surface area contributed by atoms with Crippen LogP contribution in [-0.4, -0.2) is 31.9 Å². The molecule has 1 aliphatic rings. The van der Waals surface area contributed by atoms with E-state index in [9.17, 15) is 8.42 Å². The van der Waals surface area contributed by atoms with Crippen molar-refractivity contribution in [3.05, 3.63) is 41.4 Å². The molecule has 0 aliphatic carbocycles. The van der Waals surface area contributed by atoms with E-state index in [0.29, 0.717) is 28.4 Å². The molecule has 3 rings (SSSR count). The summed E-state index contributed by atoms with van der Waals surface area (Å²) in [6, 6.07) is 10.4. The van der Waals surface area contributed by atoms with Gasteiger partial charge >= 0.3 is 0 Å². The number of rotatable bonds is 2. The van der Waals surface area contributed by atoms with Gasteiger partial charge in [-0.05, 0) is 25.0 Å². The number of benzene rings is 2. The molecule has 1 atom stereocenters. The molecule has 1 saturated heterocycles. The molecule has 2 aromatic rings. The van der Waals surface area contributed by atoms with Crippen LogP contribution in [0.3, 0.4) is 0 Å². The van der Waals surface area contributed by atoms with Crippen molar-refractivity contribution >= 4 is 32.4 Å². The summed E-state index contributed by atoms with van der Waals surface area (Å²) in [5, 5.41) is 1.96. The Labute approximate surface area is 129 Å². The second-order valence-electron chi connectivity index (χ2n) is 5.36. The SMILES string of the molecule is NC1CCCN(S(=O)(=O)c2ccc(Cl)c3ccccc23)C1. The monoisotopic (exact) mass is 324 g/mol. The van der Waals surface area contributed by atoms with Crippen molar-refractivity contribution in [3.63, 3.8) is 0 Å². The lowest BCUT2D eigenvalue weighted by Gasteiger charge is -2.30. The molecule has 0 amide bonds. The molecule has 112 valence electrons. The van der Waals surface area contributed by atoms with E-state index in [1.807, 2.05) is 18.2 Å². The van der Waals surface area contributed by atoms with Crippen LogP contribution in [0.1, 0.15) is 12.8 Å². The average molecular weight is 325 g/mol. The summed E-state index contributed by atoms with van der Waals surface area (Å²) in [6.07, 6.45) is 1.67. The van der Waals surface area contributed by atoms with Crippen molar-refractivity contribution in [2.24, 2.45) is 5.73 Å². The van der Waals surface area contributed by atoms with E-state index in [0.717, 1.165) is 18.2 Å². The molecule has 2 aromatic carbocycles. The quantitative estimate of drug-likeness (QED) is 0.923. The Hall–Kier alpha value is -1.14. The predicted molar refractivity (Wildman–Crippen MR) is 84.9 cm³/mol. The molecule has 0 radical (unpaired) electrons. The van der Waals surface area contributed by atoms with Crippen LogP contribution in [0, 0.1) is 0 Å². The maximum atomic E-state index is 12.9. The molecule has 21 heavy (non-hydrogen) atoms. The van der Waals surface area contributed by atoms with Crippen molar-refractivity contribution in [2.45, 2.75) is 23.8 Å². The highest BCUT2D eigenvalue weighted by molar-refractivity contribution is 7.89. The molecule has 0 spiro atoms. The van der Waals surface area contributed by atoms with E-state index >= 15 is 0 Å². The Kier molecular flexibility index (Phi) is 3.92. The lowest BCUT2D eigenvalue weighted by atomic mass is 10.1. The van der Waals surface area contributed by atoms with Crippen LogP contribution < -0.4 is 5.73 Å². The normalized spacial score (nSPS) is 20.8. The third-order valence-electron chi connectivity index (χ3n) is 3.87. The van der Waals surface area contributed by atoms with Crippen molar-refractivity contribution in [3.8, 4) is 0 Å². The van der Waals surface area contributed by atoms with Gasteiger partial charge in [0, 0.05) is 34.9 Å². The smallest absolute Gasteiger partial charge is 0.243 e. The summed E-state index contributed by atoms with van der Waals surface area (Å²) < 4.78 is 27.3. The molecule has 2 N–H and O–H groups in total. The van der Waals surface area contributed by atoms with Crippen LogP contribution in [0.15, 0.2) is 41.3 Å². The van der Waals surface area contributed by atoms with Crippen molar-refractivity contribution in [1.82, 2.24) is 4.31 Å². The first kappa shape index (κ1) is 14.8. The summed E-state index contributed by atoms with van der Waals surface area (Å²) in [6.45, 7) is 0.895. The van der Waals surface area contributed by atoms with E-state index in [4.69, 9.17) is 17.3 Å². The van der Waals surface area contributed by atoms with Gasteiger partial charge in [0.15, 0.2) is 0 Å². The molecule has 1 unspecified atom stereocenters. The number of halogens is 1. The third-order valence-corrected chi connectivity index (χ3v) is 6.12. The standard InChI is InChI=1S/C15H17ClN2O2S/c16-14-7-8-15(13-6-2-1-5-12(13)14)21(19,20)18-9-3-4-11(17)10-18/h1-2,5-8,11H,3-4,9-10,17H2. The first-order valence-electron chi connectivity index (χ1n) is 6.93. The third kappa shape index (κ3) is 2.66. The Balaban J connectivity index is 2.13. The molecule has 0 aromatic heterocycles. The zero-order valence-corrected chi connectivity index (χ0v) is 13.1. The van der Waals surface area contributed by atoms with Crippen LogP contribution in [0.5, 0.6) is 0 Å². The summed E-state index contributed by atoms with van der Waals surface area (Å²) >= 11 is 6.16. The maximum Gasteiger partial charge on any atom is 0.243 e. The zero-order valence-electron chi connectivity index (χ0n) is 11.5. The van der Waals surface area contributed by atoms with Gasteiger partial charge in [0.05, 0.1) is 4.90 Å². The van der Waals surface area contributed by atoms with E-state index < -0.39 is 10.0 Å². The summed E-state index contributed by atoms with van der Waals surface area (Å²) in [7, 11) is -3.54. The fourth-order valence-corrected chi connectivity index (χ4v) is 4.75. The van der Waals surface area contributed by atoms with Gasteiger partial charge in [-0.25, -0.2) is 8.42 Å². The van der Waals surface area contributed by atoms with Gasteiger partial charge in [-0.3, -0.25) is 0 Å². The highest BCUT2D eigenvalue weighted by Gasteiger charge is 2.30. The van der Waals surface area contributed by atoms with E-state index in [-0.39, 0.29) is 6.04 Å². The molecule has 1 heterocycles. The minimum absolute atomic E-state index is 0.0907. The van der Waals surface area contributed by atoms with Crippen LogP contribution >= 0.6 is 11.6 Å². The summed E-state index contributed by atoms with van der Waals surface area (Å²) in [5.41, 5.74) is 5.91. The molecule has 4 nitrogen and oxygen atoms in total. The summed E-state index contributed by atoms with van der Waals surface area (Å²) in [5.74, 6) is 0. The topological polar surface area (TPSA) is 63.4 Å². The number of fused-ring (bicyclic) bond motifs is 1. The minimum Gasteiger partial charge on any atom is -0.327 e. The lowest BCUT2D eigenvalue weighted by molar-refractivity contribution is 0.316. The minimum atomic E-state index is -3.54. The molecule has 0 bridgehead atoms. The molecular weight excluding hydrogens is 308 g/mol. The number of nitrogens with two attached hydrogens (primary N) is 1. The first-order valence-corrected chi connectivity index (χ1v) is 8.75. The predicted octanol–water partition coefficient (Wildman–Crippen LogP) is 2.61. The van der Waals surface area contributed by atoms with Gasteiger partial charge < -0.3 is 5.73 Å². The van der Waals surface area contributed by atoms with Gasteiger partial charge in [-0.15, -0.1) is 0 Å². The average Bonchev–Trinajstić information content (AvgIpc) is 2.47. The number of hydrogen-bond donors (Lipinski definition) is 1. The maximum absolute atomic E-state index is 12.9. The van der Waals surface area contributed by atoms with E-state index in [1.54, 1.807) is 18.2 Å². The largest absolute Gasteiger partial charge is 0.327 e. The van der Waals surface area contributed by atoms with E-state index in [1.165, 1.54) is 4.31 Å². The van der Waals surface area contributed by atoms with Gasteiger partial charge in [0.2, 0.25) is 10.0 Å². The Morgan fingerprint density at radius 1 is 1.14 bits per heavy atom. The van der Waals surface area contributed by atoms with Gasteiger partial charge in [0.1, 0.15) is 0 Å². The Bertz CT molecular complexity index is 776. The van der Waals surface area contributed by atoms with Gasteiger partial charge in [-0.2, -0.15) is 4.31 Å². The summed E-state index contributed by atoms with van der Waals surface area (Å²) in [4.78, 5) is 0.302. The van der Waals surface area contributed by atoms with Crippen LogP contribution in [0.25, 0.3) is 10.8 Å². The zero-order chi connectivity index (χ0) is 15.0. The molecular formula is C15H17ClN2O2S. The van der Waals surface area contributed by atoms with Crippen LogP contribution in [0.4, 0.5) is 0 Å². The van der Waals surface area contributed by atoms with Crippen molar-refractivity contribution in [1.29, 1.82) is 0 Å². The number of hydrogen-bond acceptors (Lipinski definition) is 3. The number of piperidine rings is 1. The second kappa shape index (κ2) is 5.57. The van der Waals surface area contributed by atoms with Gasteiger partial charge in [0.25, 0.3) is 0 Å². The lowest BCUT2D eigenvalue weighted by Crippen LogP contribution is -2.45. The Morgan fingerprint density at radius 2 is 1.86 bits per heavy atom. The van der Waals surface area contributed by atoms with Gasteiger partial charge in [-0.1, -0.05) is 35.9 Å². The fourth-order valence-electron chi connectivity index (χ4n) is 2.79. The molecule has 1 aliphatic heterocycles. The molecule has 1 fully saturated rings. The molecule has 0 saturated carbocycles. The number of nitrogens with zero attached hydrogens (tertiary/aromatic N) is 1. The van der Waals surface area contributed by atoms with E-state index in [2.05, 4.69) is 0 Å². The molecule has 6 heteroatoms. The first-order chi connectivity index (χ1) is 10.00. The van der Waals surface area contributed by atoms with Crippen LogP contribution in [0.2, 0.25) is 5.02 Å². The second-order valence-corrected chi connectivity index (χ2v) is 7.67. The number of sulfonamides is 1. The highest BCUT2D eigenvalue weighted by atomic mass is 35.5. The highest BCUT2D eigenvalue weighted by Crippen LogP contribution is 2.31.